The molecule has 2 aromatic rings. The highest BCUT2D eigenvalue weighted by atomic mass is 14.9. The normalized spacial score (nSPS) is 12.1. The van der Waals surface area contributed by atoms with E-state index in [9.17, 15) is 0 Å². The number of hydrogen-bond donors (Lipinski definition) is 2. The van der Waals surface area contributed by atoms with Gasteiger partial charge in [-0.05, 0) is 24.6 Å². The molecule has 0 aliphatic carbocycles. The molecule has 78 valence electrons. The molecule has 0 aliphatic rings. The lowest BCUT2D eigenvalue weighted by atomic mass is 9.63. The highest BCUT2D eigenvalue weighted by Gasteiger charge is 2.08. The van der Waals surface area contributed by atoms with E-state index in [0.717, 1.165) is 13.0 Å². The topological polar surface area (TPSA) is 27.8 Å². The number of nitrogens with one attached hydrogen (secondary N) is 2. The largest absolute Gasteiger partial charge is 0.361 e. The second-order valence-electron chi connectivity index (χ2n) is 4.32. The molecule has 0 saturated heterocycles. The summed E-state index contributed by atoms with van der Waals surface area (Å²) in [4.78, 5) is 3.25. The lowest BCUT2D eigenvalue weighted by molar-refractivity contribution is 0.629. The Morgan fingerprint density at radius 3 is 2.81 bits per heavy atom. The van der Waals surface area contributed by atoms with Crippen LogP contribution in [0.2, 0.25) is 0 Å². The second kappa shape index (κ2) is 4.38. The number of fused-ring (bicyclic) bond motifs is 1. The van der Waals surface area contributed by atoms with E-state index >= 15 is 0 Å². The molecule has 2 N–H and O–H groups in total. The molecule has 0 amide bonds. The van der Waals surface area contributed by atoms with Crippen LogP contribution in [0.1, 0.15) is 12.5 Å². The Balaban J connectivity index is 2.05. The molecule has 2 rings (SSSR count). The molecule has 0 atom stereocenters. The molecule has 0 fully saturated rings. The molecule has 2 nitrogen and oxygen atoms in total. The maximum Gasteiger partial charge on any atom is 0.0817 e. The number of aromatic nitrogens is 1. The lowest BCUT2D eigenvalue weighted by Crippen LogP contribution is -2.44. The van der Waals surface area contributed by atoms with Gasteiger partial charge in [0.25, 0.3) is 0 Å². The van der Waals surface area contributed by atoms with Crippen molar-refractivity contribution in [2.24, 2.45) is 0 Å². The Morgan fingerprint density at radius 1 is 1.31 bits per heavy atom. The zero-order valence-corrected chi connectivity index (χ0v) is 9.46. The molecule has 1 heterocycles. The summed E-state index contributed by atoms with van der Waals surface area (Å²) in [5.41, 5.74) is 2.45. The van der Waals surface area contributed by atoms with Crippen LogP contribution in [0.3, 0.4) is 0 Å². The number of para-hydroxylation sites is 1. The summed E-state index contributed by atoms with van der Waals surface area (Å²) < 4.78 is 0. The van der Waals surface area contributed by atoms with E-state index in [2.05, 4.69) is 22.4 Å². The summed E-state index contributed by atoms with van der Waals surface area (Å²) in [6.45, 7) is 2.52. The summed E-state index contributed by atoms with van der Waals surface area (Å²) in [6, 6.07) is 8.26. The standard InChI is InChI=1S/C12H14B2N2/c1-12(13,14)16-7-6-9-8-15-11-5-3-2-4-10(9)11/h2-5,8,15-16H,6-7H2,1H3. The van der Waals surface area contributed by atoms with Crippen molar-refractivity contribution in [2.45, 2.75) is 18.7 Å². The van der Waals surface area contributed by atoms with Crippen LogP contribution in [0.4, 0.5) is 0 Å². The number of rotatable bonds is 4. The van der Waals surface area contributed by atoms with Crippen molar-refractivity contribution in [3.05, 3.63) is 36.0 Å². The van der Waals surface area contributed by atoms with Crippen LogP contribution in [0.15, 0.2) is 30.5 Å². The van der Waals surface area contributed by atoms with Crippen LogP contribution < -0.4 is 5.32 Å². The van der Waals surface area contributed by atoms with E-state index in [4.69, 9.17) is 15.7 Å². The molecule has 4 radical (unpaired) electrons. The quantitative estimate of drug-likeness (QED) is 0.728. The van der Waals surface area contributed by atoms with E-state index < -0.39 is 5.34 Å². The van der Waals surface area contributed by atoms with Crippen LogP contribution >= 0.6 is 0 Å². The third kappa shape index (κ3) is 2.70. The first-order chi connectivity index (χ1) is 7.56. The maximum atomic E-state index is 5.65. The average Bonchev–Trinajstić information content (AvgIpc) is 2.60. The molecule has 0 spiro atoms. The zero-order chi connectivity index (χ0) is 11.6. The molecule has 1 aromatic heterocycles. The molecule has 0 saturated carbocycles. The van der Waals surface area contributed by atoms with Crippen molar-refractivity contribution >= 4 is 26.6 Å². The van der Waals surface area contributed by atoms with E-state index in [-0.39, 0.29) is 0 Å². The molecule has 0 aliphatic heterocycles. The maximum absolute atomic E-state index is 5.65. The van der Waals surface area contributed by atoms with E-state index in [1.807, 2.05) is 18.3 Å². The number of benzene rings is 1. The van der Waals surface area contributed by atoms with Gasteiger partial charge >= 0.3 is 0 Å². The highest BCUT2D eigenvalue weighted by molar-refractivity contribution is 6.39. The molecule has 0 unspecified atom stereocenters. The second-order valence-corrected chi connectivity index (χ2v) is 4.32. The predicted molar refractivity (Wildman–Crippen MR) is 69.9 cm³/mol. The van der Waals surface area contributed by atoms with Gasteiger partial charge in [0.15, 0.2) is 0 Å². The van der Waals surface area contributed by atoms with Crippen molar-refractivity contribution in [3.8, 4) is 0 Å². The van der Waals surface area contributed by atoms with E-state index in [0.29, 0.717) is 0 Å². The van der Waals surface area contributed by atoms with Crippen molar-refractivity contribution in [1.29, 1.82) is 0 Å². The molecule has 4 heteroatoms. The minimum absolute atomic E-state index is 0.769. The first-order valence-electron chi connectivity index (χ1n) is 5.44. The average molecular weight is 208 g/mol. The van der Waals surface area contributed by atoms with Crippen molar-refractivity contribution in [3.63, 3.8) is 0 Å². The Hall–Kier alpha value is -1.15. The van der Waals surface area contributed by atoms with Crippen molar-refractivity contribution in [1.82, 2.24) is 10.3 Å². The first-order valence-corrected chi connectivity index (χ1v) is 5.44. The fourth-order valence-corrected chi connectivity index (χ4v) is 1.80. The van der Waals surface area contributed by atoms with Gasteiger partial charge in [0, 0.05) is 17.1 Å². The van der Waals surface area contributed by atoms with Crippen molar-refractivity contribution < 1.29 is 0 Å². The Bertz CT molecular complexity index is 471. The smallest absolute Gasteiger partial charge is 0.0817 e. The molecular formula is C12H14B2N2. The summed E-state index contributed by atoms with van der Waals surface area (Å²) in [7, 11) is 11.3. The number of H-pyrrole nitrogens is 1. The predicted octanol–water partition coefficient (Wildman–Crippen LogP) is 1.31. The van der Waals surface area contributed by atoms with Crippen molar-refractivity contribution in [2.75, 3.05) is 6.54 Å². The van der Waals surface area contributed by atoms with Gasteiger partial charge in [0.2, 0.25) is 0 Å². The van der Waals surface area contributed by atoms with Gasteiger partial charge in [0.1, 0.15) is 0 Å². The van der Waals surface area contributed by atoms with Gasteiger partial charge in [-0.25, -0.2) is 0 Å². The zero-order valence-electron chi connectivity index (χ0n) is 9.46. The Morgan fingerprint density at radius 2 is 2.06 bits per heavy atom. The minimum Gasteiger partial charge on any atom is -0.361 e. The third-order valence-corrected chi connectivity index (χ3v) is 2.58. The van der Waals surface area contributed by atoms with Crippen LogP contribution in [-0.2, 0) is 6.42 Å². The van der Waals surface area contributed by atoms with Gasteiger partial charge < -0.3 is 10.3 Å². The van der Waals surface area contributed by atoms with Gasteiger partial charge in [-0.2, -0.15) is 0 Å². The molecule has 16 heavy (non-hydrogen) atoms. The van der Waals surface area contributed by atoms with E-state index in [1.54, 1.807) is 6.92 Å². The molecular weight excluding hydrogens is 194 g/mol. The van der Waals surface area contributed by atoms with Gasteiger partial charge in [-0.3, -0.25) is 0 Å². The fraction of sp³-hybridized carbons (Fsp3) is 0.333. The summed E-state index contributed by atoms with van der Waals surface area (Å²) in [5, 5.41) is 3.53. The van der Waals surface area contributed by atoms with Gasteiger partial charge in [0.05, 0.1) is 15.7 Å². The third-order valence-electron chi connectivity index (χ3n) is 2.58. The van der Waals surface area contributed by atoms with Crippen LogP contribution in [-0.4, -0.2) is 32.6 Å². The van der Waals surface area contributed by atoms with Gasteiger partial charge in [-0.15, -0.1) is 0 Å². The van der Waals surface area contributed by atoms with Crippen LogP contribution in [0.5, 0.6) is 0 Å². The Labute approximate surface area is 98.6 Å². The fourth-order valence-electron chi connectivity index (χ4n) is 1.80. The summed E-state index contributed by atoms with van der Waals surface area (Å²) in [6.07, 6.45) is 2.95. The first kappa shape index (κ1) is 11.3. The van der Waals surface area contributed by atoms with E-state index in [1.165, 1.54) is 16.5 Å². The lowest BCUT2D eigenvalue weighted by Gasteiger charge is -2.21. The minimum atomic E-state index is -0.799. The highest BCUT2D eigenvalue weighted by Crippen LogP contribution is 2.17. The SMILES string of the molecule is [B]C([B])(C)NCCc1c[nH]c2ccccc12. The Kier molecular flexibility index (Phi) is 3.10. The van der Waals surface area contributed by atoms with Crippen LogP contribution in [0, 0.1) is 0 Å². The monoisotopic (exact) mass is 208 g/mol. The number of aromatic amines is 1. The van der Waals surface area contributed by atoms with Gasteiger partial charge in [-0.1, -0.05) is 30.5 Å². The van der Waals surface area contributed by atoms with Crippen LogP contribution in [0.25, 0.3) is 10.9 Å². The number of hydrogen-bond acceptors (Lipinski definition) is 1. The summed E-state index contributed by atoms with van der Waals surface area (Å²) in [5.74, 6) is 0. The molecule has 1 aromatic carbocycles. The molecule has 0 bridgehead atoms. The summed E-state index contributed by atoms with van der Waals surface area (Å²) >= 11 is 0.